The summed E-state index contributed by atoms with van der Waals surface area (Å²) in [7, 11) is 0. The lowest BCUT2D eigenvalue weighted by atomic mass is 9.89. The standard InChI is InChI=1S/C16H25NO/c1-2-3-10-17-12-16(18)15-9-8-13-6-4-5-7-14(13)11-15/h8-9,11,16-18H,2-7,10,12H2,1H3. The van der Waals surface area contributed by atoms with Gasteiger partial charge in [0.2, 0.25) is 0 Å². The SMILES string of the molecule is CCCCNCC(O)c1ccc2c(c1)CCCC2. The van der Waals surface area contributed by atoms with Gasteiger partial charge in [-0.05, 0) is 55.3 Å². The molecular formula is C16H25NO. The fraction of sp³-hybridized carbons (Fsp3) is 0.625. The summed E-state index contributed by atoms with van der Waals surface area (Å²) < 4.78 is 0. The Morgan fingerprint density at radius 3 is 2.78 bits per heavy atom. The number of hydrogen-bond donors (Lipinski definition) is 2. The van der Waals surface area contributed by atoms with Crippen molar-refractivity contribution in [2.75, 3.05) is 13.1 Å². The van der Waals surface area contributed by atoms with Gasteiger partial charge in [0, 0.05) is 6.54 Å². The van der Waals surface area contributed by atoms with E-state index in [-0.39, 0.29) is 6.10 Å². The Labute approximate surface area is 110 Å². The maximum Gasteiger partial charge on any atom is 0.0914 e. The molecule has 1 atom stereocenters. The number of benzene rings is 1. The molecule has 1 aliphatic carbocycles. The van der Waals surface area contributed by atoms with Crippen LogP contribution in [0.1, 0.15) is 55.4 Å². The maximum atomic E-state index is 10.2. The number of aryl methyl sites for hydroxylation is 2. The molecule has 2 heteroatoms. The fourth-order valence-electron chi connectivity index (χ4n) is 2.62. The van der Waals surface area contributed by atoms with Crippen LogP contribution in [-0.2, 0) is 12.8 Å². The van der Waals surface area contributed by atoms with Crippen LogP contribution in [0.2, 0.25) is 0 Å². The number of aliphatic hydroxyl groups is 1. The van der Waals surface area contributed by atoms with E-state index >= 15 is 0 Å². The van der Waals surface area contributed by atoms with Gasteiger partial charge in [0.05, 0.1) is 6.10 Å². The lowest BCUT2D eigenvalue weighted by Gasteiger charge is -2.19. The fourth-order valence-corrected chi connectivity index (χ4v) is 2.62. The highest BCUT2D eigenvalue weighted by atomic mass is 16.3. The molecule has 1 aromatic rings. The third-order valence-corrected chi connectivity index (χ3v) is 3.80. The summed E-state index contributed by atoms with van der Waals surface area (Å²) in [6, 6.07) is 6.51. The smallest absolute Gasteiger partial charge is 0.0914 e. The first kappa shape index (κ1) is 13.6. The highest BCUT2D eigenvalue weighted by molar-refractivity contribution is 5.34. The van der Waals surface area contributed by atoms with Gasteiger partial charge >= 0.3 is 0 Å². The van der Waals surface area contributed by atoms with Crippen LogP contribution in [0.3, 0.4) is 0 Å². The normalized spacial score (nSPS) is 16.3. The molecule has 0 amide bonds. The zero-order valence-electron chi connectivity index (χ0n) is 11.4. The van der Waals surface area contributed by atoms with Crippen LogP contribution in [-0.4, -0.2) is 18.2 Å². The first-order valence-corrected chi connectivity index (χ1v) is 7.31. The second-order valence-corrected chi connectivity index (χ2v) is 5.31. The van der Waals surface area contributed by atoms with Crippen LogP contribution >= 0.6 is 0 Å². The van der Waals surface area contributed by atoms with E-state index in [4.69, 9.17) is 0 Å². The van der Waals surface area contributed by atoms with Gasteiger partial charge in [-0.1, -0.05) is 31.5 Å². The predicted octanol–water partition coefficient (Wildman–Crippen LogP) is 2.99. The van der Waals surface area contributed by atoms with Crippen molar-refractivity contribution < 1.29 is 5.11 Å². The highest BCUT2D eigenvalue weighted by Gasteiger charge is 2.13. The Bertz CT molecular complexity index is 375. The van der Waals surface area contributed by atoms with Gasteiger partial charge in [-0.3, -0.25) is 0 Å². The number of hydrogen-bond acceptors (Lipinski definition) is 2. The Kier molecular flexibility index (Phi) is 5.21. The molecule has 0 aromatic heterocycles. The van der Waals surface area contributed by atoms with Crippen molar-refractivity contribution in [1.82, 2.24) is 5.32 Å². The molecule has 2 N–H and O–H groups in total. The average molecular weight is 247 g/mol. The summed E-state index contributed by atoms with van der Waals surface area (Å²) in [4.78, 5) is 0. The molecule has 0 heterocycles. The van der Waals surface area contributed by atoms with Crippen LogP contribution in [0, 0.1) is 0 Å². The van der Waals surface area contributed by atoms with Gasteiger partial charge in [0.15, 0.2) is 0 Å². The highest BCUT2D eigenvalue weighted by Crippen LogP contribution is 2.24. The molecule has 1 unspecified atom stereocenters. The van der Waals surface area contributed by atoms with E-state index in [1.165, 1.54) is 49.7 Å². The first-order valence-electron chi connectivity index (χ1n) is 7.31. The topological polar surface area (TPSA) is 32.3 Å². The second kappa shape index (κ2) is 6.91. The molecule has 18 heavy (non-hydrogen) atoms. The molecule has 2 rings (SSSR count). The van der Waals surface area contributed by atoms with Gasteiger partial charge in [0.1, 0.15) is 0 Å². The predicted molar refractivity (Wildman–Crippen MR) is 75.8 cm³/mol. The lowest BCUT2D eigenvalue weighted by molar-refractivity contribution is 0.174. The van der Waals surface area contributed by atoms with Crippen molar-refractivity contribution in [3.63, 3.8) is 0 Å². The third kappa shape index (κ3) is 3.56. The molecule has 0 fully saturated rings. The van der Waals surface area contributed by atoms with Gasteiger partial charge in [-0.25, -0.2) is 0 Å². The molecule has 1 aromatic carbocycles. The number of fused-ring (bicyclic) bond motifs is 1. The van der Waals surface area contributed by atoms with E-state index in [1.807, 2.05) is 0 Å². The Balaban J connectivity index is 1.91. The van der Waals surface area contributed by atoms with Crippen LogP contribution in [0.15, 0.2) is 18.2 Å². The van der Waals surface area contributed by atoms with E-state index in [2.05, 4.69) is 30.4 Å². The van der Waals surface area contributed by atoms with Crippen molar-refractivity contribution in [2.45, 2.75) is 51.6 Å². The zero-order valence-corrected chi connectivity index (χ0v) is 11.4. The minimum atomic E-state index is -0.367. The zero-order chi connectivity index (χ0) is 12.8. The average Bonchev–Trinajstić information content (AvgIpc) is 2.43. The molecule has 1 aliphatic rings. The van der Waals surface area contributed by atoms with Gasteiger partial charge in [-0.2, -0.15) is 0 Å². The molecular weight excluding hydrogens is 222 g/mol. The van der Waals surface area contributed by atoms with Crippen molar-refractivity contribution in [2.24, 2.45) is 0 Å². The van der Waals surface area contributed by atoms with E-state index in [9.17, 15) is 5.11 Å². The van der Waals surface area contributed by atoms with Gasteiger partial charge in [-0.15, -0.1) is 0 Å². The van der Waals surface area contributed by atoms with Crippen LogP contribution < -0.4 is 5.32 Å². The number of unbranched alkanes of at least 4 members (excludes halogenated alkanes) is 1. The minimum Gasteiger partial charge on any atom is -0.387 e. The molecule has 0 aliphatic heterocycles. The van der Waals surface area contributed by atoms with E-state index < -0.39 is 0 Å². The van der Waals surface area contributed by atoms with E-state index in [0.717, 1.165) is 12.1 Å². The molecule has 0 saturated heterocycles. The third-order valence-electron chi connectivity index (χ3n) is 3.80. The van der Waals surface area contributed by atoms with Crippen molar-refractivity contribution in [3.05, 3.63) is 34.9 Å². The van der Waals surface area contributed by atoms with Crippen LogP contribution in [0.5, 0.6) is 0 Å². The maximum absolute atomic E-state index is 10.2. The van der Waals surface area contributed by atoms with Crippen molar-refractivity contribution >= 4 is 0 Å². The summed E-state index contributed by atoms with van der Waals surface area (Å²) in [5, 5.41) is 13.5. The quantitative estimate of drug-likeness (QED) is 0.757. The van der Waals surface area contributed by atoms with Crippen molar-refractivity contribution in [1.29, 1.82) is 0 Å². The molecule has 2 nitrogen and oxygen atoms in total. The first-order chi connectivity index (χ1) is 8.81. The summed E-state index contributed by atoms with van der Waals surface area (Å²) >= 11 is 0. The summed E-state index contributed by atoms with van der Waals surface area (Å²) in [5.74, 6) is 0. The number of rotatable bonds is 6. The van der Waals surface area contributed by atoms with Gasteiger partial charge < -0.3 is 10.4 Å². The minimum absolute atomic E-state index is 0.367. The van der Waals surface area contributed by atoms with E-state index in [0.29, 0.717) is 6.54 Å². The van der Waals surface area contributed by atoms with Crippen LogP contribution in [0.25, 0.3) is 0 Å². The Morgan fingerprint density at radius 2 is 2.00 bits per heavy atom. The second-order valence-electron chi connectivity index (χ2n) is 5.31. The van der Waals surface area contributed by atoms with Crippen molar-refractivity contribution in [3.8, 4) is 0 Å². The molecule has 0 bridgehead atoms. The molecule has 0 spiro atoms. The summed E-state index contributed by atoms with van der Waals surface area (Å²) in [6.07, 6.45) is 7.00. The summed E-state index contributed by atoms with van der Waals surface area (Å²) in [6.45, 7) is 3.85. The Hall–Kier alpha value is -0.860. The monoisotopic (exact) mass is 247 g/mol. The molecule has 100 valence electrons. The largest absolute Gasteiger partial charge is 0.387 e. The number of nitrogens with one attached hydrogen (secondary N) is 1. The lowest BCUT2D eigenvalue weighted by Crippen LogP contribution is -2.22. The molecule has 0 radical (unpaired) electrons. The Morgan fingerprint density at radius 1 is 1.22 bits per heavy atom. The number of aliphatic hydroxyl groups excluding tert-OH is 1. The van der Waals surface area contributed by atoms with E-state index in [1.54, 1.807) is 0 Å². The summed E-state index contributed by atoms with van der Waals surface area (Å²) in [5.41, 5.74) is 4.00. The van der Waals surface area contributed by atoms with Crippen LogP contribution in [0.4, 0.5) is 0 Å². The molecule has 0 saturated carbocycles. The van der Waals surface area contributed by atoms with Gasteiger partial charge in [0.25, 0.3) is 0 Å².